The van der Waals surface area contributed by atoms with Crippen LogP contribution in [0.5, 0.6) is 0 Å². The average molecular weight is 312 g/mol. The summed E-state index contributed by atoms with van der Waals surface area (Å²) in [6.07, 6.45) is 5.52. The van der Waals surface area contributed by atoms with E-state index in [4.69, 9.17) is 11.6 Å². The molecule has 1 aliphatic carbocycles. The Hall–Kier alpha value is -1.62. The number of carbonyl (C=O) groups is 1. The number of halogens is 1. The largest absolute Gasteiger partial charge is 0.481 e. The summed E-state index contributed by atoms with van der Waals surface area (Å²) >= 11 is 6.10. The highest BCUT2D eigenvalue weighted by Gasteiger charge is 2.39. The molecule has 0 amide bonds. The minimum atomic E-state index is -0.795. The lowest BCUT2D eigenvalue weighted by molar-refractivity contribution is -0.384. The second kappa shape index (κ2) is 6.43. The zero-order valence-corrected chi connectivity index (χ0v) is 12.4. The van der Waals surface area contributed by atoms with E-state index < -0.39 is 16.3 Å². The summed E-state index contributed by atoms with van der Waals surface area (Å²) in [5.41, 5.74) is -0.198. The summed E-state index contributed by atoms with van der Waals surface area (Å²) in [5.74, 6) is -0.793. The first kappa shape index (κ1) is 15.8. The molecule has 1 saturated carbocycles. The first-order chi connectivity index (χ1) is 9.94. The van der Waals surface area contributed by atoms with Crippen LogP contribution in [0.3, 0.4) is 0 Å². The molecule has 1 aromatic carbocycles. The van der Waals surface area contributed by atoms with Crippen molar-refractivity contribution in [1.82, 2.24) is 0 Å². The fourth-order valence-corrected chi connectivity index (χ4v) is 3.27. The van der Waals surface area contributed by atoms with Gasteiger partial charge in [0.2, 0.25) is 0 Å². The van der Waals surface area contributed by atoms with E-state index >= 15 is 0 Å². The van der Waals surface area contributed by atoms with Gasteiger partial charge in [-0.25, -0.2) is 0 Å². The van der Waals surface area contributed by atoms with Crippen LogP contribution >= 0.6 is 11.6 Å². The Morgan fingerprint density at radius 1 is 1.29 bits per heavy atom. The number of hydrogen-bond donors (Lipinski definition) is 1. The van der Waals surface area contributed by atoms with Crippen LogP contribution in [0.2, 0.25) is 5.02 Å². The van der Waals surface area contributed by atoms with Gasteiger partial charge in [0, 0.05) is 12.1 Å². The molecule has 0 radical (unpaired) electrons. The molecule has 1 aliphatic rings. The van der Waals surface area contributed by atoms with Crippen molar-refractivity contribution in [3.63, 3.8) is 0 Å². The Morgan fingerprint density at radius 3 is 2.38 bits per heavy atom. The molecule has 0 aromatic heterocycles. The molecular formula is C15H18ClNO4. The van der Waals surface area contributed by atoms with Gasteiger partial charge in [-0.15, -0.1) is 0 Å². The van der Waals surface area contributed by atoms with E-state index in [1.54, 1.807) is 6.07 Å². The third kappa shape index (κ3) is 3.53. The molecule has 0 bridgehead atoms. The van der Waals surface area contributed by atoms with Crippen LogP contribution in [0.4, 0.5) is 5.69 Å². The minimum absolute atomic E-state index is 0.0750. The van der Waals surface area contributed by atoms with E-state index in [-0.39, 0.29) is 10.7 Å². The minimum Gasteiger partial charge on any atom is -0.481 e. The summed E-state index contributed by atoms with van der Waals surface area (Å²) in [6.45, 7) is 0. The van der Waals surface area contributed by atoms with Crippen molar-refractivity contribution < 1.29 is 14.8 Å². The van der Waals surface area contributed by atoms with Gasteiger partial charge < -0.3 is 5.11 Å². The number of nitrogens with zero attached hydrogens (tertiary/aromatic N) is 1. The maximum absolute atomic E-state index is 11.8. The number of aliphatic carboxylic acids is 1. The first-order valence-corrected chi connectivity index (χ1v) is 7.49. The summed E-state index contributed by atoms with van der Waals surface area (Å²) in [4.78, 5) is 22.0. The zero-order chi connectivity index (χ0) is 15.5. The van der Waals surface area contributed by atoms with Crippen molar-refractivity contribution in [1.29, 1.82) is 0 Å². The SMILES string of the molecule is O=C(O)C1(Cc2ccc([N+](=O)[O-])cc2Cl)CCCCCC1. The standard InChI is InChI=1S/C15H18ClNO4/c16-13-9-12(17(20)21)6-5-11(13)10-15(14(18)19)7-3-1-2-4-8-15/h5-6,9H,1-4,7-8,10H2,(H,18,19). The monoisotopic (exact) mass is 311 g/mol. The smallest absolute Gasteiger partial charge is 0.309 e. The van der Waals surface area contributed by atoms with Crippen LogP contribution in [0, 0.1) is 15.5 Å². The van der Waals surface area contributed by atoms with Crippen molar-refractivity contribution in [3.05, 3.63) is 38.9 Å². The van der Waals surface area contributed by atoms with E-state index in [0.29, 0.717) is 24.8 Å². The highest BCUT2D eigenvalue weighted by atomic mass is 35.5. The van der Waals surface area contributed by atoms with E-state index in [2.05, 4.69) is 0 Å². The van der Waals surface area contributed by atoms with Crippen LogP contribution in [-0.4, -0.2) is 16.0 Å². The zero-order valence-electron chi connectivity index (χ0n) is 11.7. The van der Waals surface area contributed by atoms with Gasteiger partial charge in [0.15, 0.2) is 0 Å². The summed E-state index contributed by atoms with van der Waals surface area (Å²) in [5, 5.41) is 20.7. The Balaban J connectivity index is 2.28. The number of rotatable bonds is 4. The fraction of sp³-hybridized carbons (Fsp3) is 0.533. The van der Waals surface area contributed by atoms with Crippen LogP contribution in [0.15, 0.2) is 18.2 Å². The van der Waals surface area contributed by atoms with E-state index in [9.17, 15) is 20.0 Å². The van der Waals surface area contributed by atoms with Crippen molar-refractivity contribution in [3.8, 4) is 0 Å². The van der Waals surface area contributed by atoms with Crippen molar-refractivity contribution in [2.75, 3.05) is 0 Å². The molecule has 0 heterocycles. The number of nitro benzene ring substituents is 1. The molecule has 21 heavy (non-hydrogen) atoms. The predicted molar refractivity (Wildman–Crippen MR) is 79.6 cm³/mol. The highest BCUT2D eigenvalue weighted by molar-refractivity contribution is 6.31. The summed E-state index contributed by atoms with van der Waals surface area (Å²) in [6, 6.07) is 4.26. The maximum atomic E-state index is 11.8. The third-order valence-corrected chi connectivity index (χ3v) is 4.64. The molecule has 2 rings (SSSR count). The highest BCUT2D eigenvalue weighted by Crippen LogP contribution is 2.40. The lowest BCUT2D eigenvalue weighted by Gasteiger charge is -2.28. The second-order valence-electron chi connectivity index (χ2n) is 5.71. The number of non-ortho nitro benzene ring substituents is 1. The van der Waals surface area contributed by atoms with Gasteiger partial charge in [0.25, 0.3) is 5.69 Å². The number of carboxylic acid groups (broad SMARTS) is 1. The van der Waals surface area contributed by atoms with Gasteiger partial charge >= 0.3 is 5.97 Å². The van der Waals surface area contributed by atoms with Gasteiger partial charge in [-0.3, -0.25) is 14.9 Å². The molecule has 0 aliphatic heterocycles. The summed E-state index contributed by atoms with van der Waals surface area (Å²) < 4.78 is 0. The average Bonchev–Trinajstić information content (AvgIpc) is 2.67. The van der Waals surface area contributed by atoms with Gasteiger partial charge in [-0.05, 0) is 24.8 Å². The molecule has 0 saturated heterocycles. The molecule has 1 fully saturated rings. The summed E-state index contributed by atoms with van der Waals surface area (Å²) in [7, 11) is 0. The van der Waals surface area contributed by atoms with Crippen molar-refractivity contribution in [2.45, 2.75) is 44.9 Å². The number of hydrogen-bond acceptors (Lipinski definition) is 3. The predicted octanol–water partition coefficient (Wildman–Crippen LogP) is 4.22. The van der Waals surface area contributed by atoms with Gasteiger partial charge in [-0.1, -0.05) is 43.4 Å². The Bertz CT molecular complexity index is 551. The molecule has 1 N–H and O–H groups in total. The van der Waals surface area contributed by atoms with E-state index in [1.165, 1.54) is 12.1 Å². The Morgan fingerprint density at radius 2 is 1.90 bits per heavy atom. The lowest BCUT2D eigenvalue weighted by Crippen LogP contribution is -2.33. The molecule has 0 spiro atoms. The van der Waals surface area contributed by atoms with Gasteiger partial charge in [-0.2, -0.15) is 0 Å². The molecule has 114 valence electrons. The van der Waals surface area contributed by atoms with Gasteiger partial charge in [0.05, 0.1) is 15.4 Å². The number of carboxylic acids is 1. The molecule has 6 heteroatoms. The molecular weight excluding hydrogens is 294 g/mol. The van der Waals surface area contributed by atoms with Crippen molar-refractivity contribution >= 4 is 23.3 Å². The third-order valence-electron chi connectivity index (χ3n) is 4.29. The normalized spacial score (nSPS) is 18.0. The number of benzene rings is 1. The fourth-order valence-electron chi connectivity index (χ4n) is 3.03. The second-order valence-corrected chi connectivity index (χ2v) is 6.12. The molecule has 0 unspecified atom stereocenters. The molecule has 1 aromatic rings. The van der Waals surface area contributed by atoms with Crippen LogP contribution < -0.4 is 0 Å². The first-order valence-electron chi connectivity index (χ1n) is 7.11. The van der Waals surface area contributed by atoms with Gasteiger partial charge in [0.1, 0.15) is 0 Å². The lowest BCUT2D eigenvalue weighted by atomic mass is 9.75. The molecule has 5 nitrogen and oxygen atoms in total. The number of nitro groups is 1. The topological polar surface area (TPSA) is 80.4 Å². The van der Waals surface area contributed by atoms with E-state index in [0.717, 1.165) is 25.7 Å². The Kier molecular flexibility index (Phi) is 4.83. The van der Waals surface area contributed by atoms with Crippen LogP contribution in [0.25, 0.3) is 0 Å². The quantitative estimate of drug-likeness (QED) is 0.513. The molecule has 0 atom stereocenters. The van der Waals surface area contributed by atoms with Crippen LogP contribution in [-0.2, 0) is 11.2 Å². The van der Waals surface area contributed by atoms with Crippen molar-refractivity contribution in [2.24, 2.45) is 5.41 Å². The van der Waals surface area contributed by atoms with E-state index in [1.807, 2.05) is 0 Å². The Labute approximate surface area is 128 Å². The maximum Gasteiger partial charge on any atom is 0.309 e. The van der Waals surface area contributed by atoms with Crippen LogP contribution in [0.1, 0.15) is 44.1 Å².